The molecule has 0 saturated heterocycles. The zero-order valence-corrected chi connectivity index (χ0v) is 13.5. The Morgan fingerprint density at radius 1 is 1.27 bits per heavy atom. The van der Waals surface area contributed by atoms with Crippen molar-refractivity contribution in [3.05, 3.63) is 40.3 Å². The van der Waals surface area contributed by atoms with Crippen LogP contribution in [-0.2, 0) is 12.8 Å². The average molecular weight is 316 g/mol. The summed E-state index contributed by atoms with van der Waals surface area (Å²) < 4.78 is 5.40. The van der Waals surface area contributed by atoms with Crippen molar-refractivity contribution in [2.45, 2.75) is 32.6 Å². The fourth-order valence-corrected chi connectivity index (χ4v) is 3.99. The topological polar surface area (TPSA) is 64.3 Å². The van der Waals surface area contributed by atoms with E-state index in [9.17, 15) is 4.79 Å². The molecule has 5 heteroatoms. The third-order valence-electron chi connectivity index (χ3n) is 3.85. The Balaban J connectivity index is 1.78. The molecule has 1 aromatic heterocycles. The summed E-state index contributed by atoms with van der Waals surface area (Å²) in [5.74, 6) is 0.689. The van der Waals surface area contributed by atoms with Crippen molar-refractivity contribution in [1.82, 2.24) is 0 Å². The first-order valence-electron chi connectivity index (χ1n) is 7.63. The van der Waals surface area contributed by atoms with Gasteiger partial charge in [-0.1, -0.05) is 0 Å². The lowest BCUT2D eigenvalue weighted by atomic mass is 9.95. The van der Waals surface area contributed by atoms with E-state index in [2.05, 4.69) is 5.32 Å². The number of thiophene rings is 1. The molecule has 116 valence electrons. The first-order valence-corrected chi connectivity index (χ1v) is 8.45. The maximum Gasteiger partial charge on any atom is 0.258 e. The van der Waals surface area contributed by atoms with E-state index >= 15 is 0 Å². The molecule has 0 spiro atoms. The second-order valence-electron chi connectivity index (χ2n) is 5.36. The number of aryl methyl sites for hydroxylation is 1. The molecule has 0 fully saturated rings. The van der Waals surface area contributed by atoms with Gasteiger partial charge in [-0.25, -0.2) is 0 Å². The van der Waals surface area contributed by atoms with E-state index in [1.54, 1.807) is 11.3 Å². The first kappa shape index (κ1) is 14.9. The van der Waals surface area contributed by atoms with Gasteiger partial charge >= 0.3 is 0 Å². The summed E-state index contributed by atoms with van der Waals surface area (Å²) in [7, 11) is 0. The van der Waals surface area contributed by atoms with Gasteiger partial charge < -0.3 is 15.8 Å². The van der Waals surface area contributed by atoms with E-state index in [1.807, 2.05) is 31.2 Å². The van der Waals surface area contributed by atoms with Crippen LogP contribution in [0, 0.1) is 0 Å². The zero-order valence-electron chi connectivity index (χ0n) is 12.6. The monoisotopic (exact) mass is 316 g/mol. The van der Waals surface area contributed by atoms with Crippen molar-refractivity contribution in [2.75, 3.05) is 17.7 Å². The lowest BCUT2D eigenvalue weighted by Crippen LogP contribution is -2.15. The molecule has 0 aliphatic heterocycles. The van der Waals surface area contributed by atoms with Crippen LogP contribution < -0.4 is 15.8 Å². The van der Waals surface area contributed by atoms with E-state index in [0.717, 1.165) is 36.3 Å². The van der Waals surface area contributed by atoms with Crippen LogP contribution in [0.25, 0.3) is 0 Å². The van der Waals surface area contributed by atoms with E-state index in [1.165, 1.54) is 11.3 Å². The fraction of sp³-hybridized carbons (Fsp3) is 0.353. The van der Waals surface area contributed by atoms with Crippen LogP contribution in [0.1, 0.15) is 40.6 Å². The van der Waals surface area contributed by atoms with Gasteiger partial charge in [-0.05, 0) is 62.4 Å². The molecule has 1 aliphatic carbocycles. The smallest absolute Gasteiger partial charge is 0.258 e. The number of benzene rings is 1. The number of ether oxygens (including phenoxy) is 1. The Kier molecular flexibility index (Phi) is 4.34. The summed E-state index contributed by atoms with van der Waals surface area (Å²) >= 11 is 1.56. The van der Waals surface area contributed by atoms with Crippen LogP contribution >= 0.6 is 11.3 Å². The number of amides is 1. The van der Waals surface area contributed by atoms with Gasteiger partial charge in [0.2, 0.25) is 0 Å². The number of hydrogen-bond donors (Lipinski definition) is 2. The summed E-state index contributed by atoms with van der Waals surface area (Å²) in [4.78, 5) is 13.8. The molecule has 0 radical (unpaired) electrons. The number of nitrogen functional groups attached to an aromatic ring is 1. The molecular weight excluding hydrogens is 296 g/mol. The van der Waals surface area contributed by atoms with Crippen LogP contribution in [0.5, 0.6) is 5.75 Å². The molecule has 0 bridgehead atoms. The highest BCUT2D eigenvalue weighted by molar-refractivity contribution is 7.16. The number of fused-ring (bicyclic) bond motifs is 1. The highest BCUT2D eigenvalue weighted by Gasteiger charge is 2.24. The Morgan fingerprint density at radius 3 is 2.73 bits per heavy atom. The molecule has 4 nitrogen and oxygen atoms in total. The average Bonchev–Trinajstić information content (AvgIpc) is 2.85. The van der Waals surface area contributed by atoms with Gasteiger partial charge in [0.05, 0.1) is 17.2 Å². The molecule has 2 aromatic rings. The SMILES string of the molecule is CCOc1ccc(NC(=O)c2c(N)sc3c2CCCC3)cc1. The van der Waals surface area contributed by atoms with Gasteiger partial charge in [0.15, 0.2) is 0 Å². The minimum atomic E-state index is -0.110. The maximum atomic E-state index is 12.6. The van der Waals surface area contributed by atoms with Gasteiger partial charge in [-0.15, -0.1) is 11.3 Å². The number of anilines is 2. The number of carbonyl (C=O) groups is 1. The van der Waals surface area contributed by atoms with Gasteiger partial charge in [0, 0.05) is 10.6 Å². The normalized spacial score (nSPS) is 13.5. The Labute approximate surface area is 134 Å². The van der Waals surface area contributed by atoms with E-state index in [0.29, 0.717) is 17.2 Å². The highest BCUT2D eigenvalue weighted by Crippen LogP contribution is 2.36. The third kappa shape index (κ3) is 2.95. The minimum absolute atomic E-state index is 0.110. The van der Waals surface area contributed by atoms with Crippen molar-refractivity contribution in [1.29, 1.82) is 0 Å². The molecule has 1 amide bonds. The number of rotatable bonds is 4. The van der Waals surface area contributed by atoms with Crippen molar-refractivity contribution < 1.29 is 9.53 Å². The largest absolute Gasteiger partial charge is 0.494 e. The van der Waals surface area contributed by atoms with Crippen LogP contribution in [-0.4, -0.2) is 12.5 Å². The van der Waals surface area contributed by atoms with Crippen molar-refractivity contribution in [2.24, 2.45) is 0 Å². The molecular formula is C17H20N2O2S. The fourth-order valence-electron chi connectivity index (χ4n) is 2.83. The quantitative estimate of drug-likeness (QED) is 0.900. The molecule has 1 aromatic carbocycles. The standard InChI is InChI=1S/C17H20N2O2S/c1-2-21-12-9-7-11(8-10-12)19-17(20)15-13-5-3-4-6-14(13)22-16(15)18/h7-10H,2-6,18H2,1H3,(H,19,20). The third-order valence-corrected chi connectivity index (χ3v) is 4.97. The zero-order chi connectivity index (χ0) is 15.5. The Morgan fingerprint density at radius 2 is 2.00 bits per heavy atom. The van der Waals surface area contributed by atoms with Crippen LogP contribution in [0.2, 0.25) is 0 Å². The Bertz CT molecular complexity index is 677. The summed E-state index contributed by atoms with van der Waals surface area (Å²) in [5, 5.41) is 3.57. The molecule has 3 N–H and O–H groups in total. The molecule has 0 atom stereocenters. The van der Waals surface area contributed by atoms with Crippen LogP contribution in [0.4, 0.5) is 10.7 Å². The second kappa shape index (κ2) is 6.40. The highest BCUT2D eigenvalue weighted by atomic mass is 32.1. The minimum Gasteiger partial charge on any atom is -0.494 e. The lowest BCUT2D eigenvalue weighted by molar-refractivity contribution is 0.102. The maximum absolute atomic E-state index is 12.6. The molecule has 0 unspecified atom stereocenters. The van der Waals surface area contributed by atoms with E-state index in [-0.39, 0.29) is 5.91 Å². The van der Waals surface area contributed by atoms with Crippen molar-refractivity contribution in [3.63, 3.8) is 0 Å². The molecule has 3 rings (SSSR count). The van der Waals surface area contributed by atoms with Crippen molar-refractivity contribution in [3.8, 4) is 5.75 Å². The van der Waals surface area contributed by atoms with Gasteiger partial charge in [-0.2, -0.15) is 0 Å². The molecule has 1 heterocycles. The molecule has 22 heavy (non-hydrogen) atoms. The predicted octanol–water partition coefficient (Wildman–Crippen LogP) is 3.86. The van der Waals surface area contributed by atoms with Gasteiger partial charge in [-0.3, -0.25) is 4.79 Å². The second-order valence-corrected chi connectivity index (χ2v) is 6.50. The summed E-state index contributed by atoms with van der Waals surface area (Å²) in [6.07, 6.45) is 4.31. The van der Waals surface area contributed by atoms with Crippen LogP contribution in [0.3, 0.4) is 0 Å². The number of nitrogens with two attached hydrogens (primary N) is 1. The number of carbonyl (C=O) groups excluding carboxylic acids is 1. The Hall–Kier alpha value is -2.01. The van der Waals surface area contributed by atoms with E-state index in [4.69, 9.17) is 10.5 Å². The summed E-state index contributed by atoms with van der Waals surface area (Å²) in [6, 6.07) is 7.40. The first-order chi connectivity index (χ1) is 10.7. The van der Waals surface area contributed by atoms with E-state index < -0.39 is 0 Å². The van der Waals surface area contributed by atoms with Crippen LogP contribution in [0.15, 0.2) is 24.3 Å². The number of nitrogens with one attached hydrogen (secondary N) is 1. The number of hydrogen-bond acceptors (Lipinski definition) is 4. The lowest BCUT2D eigenvalue weighted by Gasteiger charge is -2.13. The summed E-state index contributed by atoms with van der Waals surface area (Å²) in [6.45, 7) is 2.57. The molecule has 1 aliphatic rings. The van der Waals surface area contributed by atoms with Gasteiger partial charge in [0.1, 0.15) is 5.75 Å². The van der Waals surface area contributed by atoms with Gasteiger partial charge in [0.25, 0.3) is 5.91 Å². The predicted molar refractivity (Wildman–Crippen MR) is 90.9 cm³/mol. The molecule has 0 saturated carbocycles. The summed E-state index contributed by atoms with van der Waals surface area (Å²) in [5.41, 5.74) is 8.66. The van der Waals surface area contributed by atoms with Crippen molar-refractivity contribution >= 4 is 27.9 Å².